The van der Waals surface area contributed by atoms with E-state index in [1.807, 2.05) is 48.5 Å². The lowest BCUT2D eigenvalue weighted by molar-refractivity contribution is -0.118. The maximum Gasteiger partial charge on any atom is 0.236 e. The number of hydrogen-bond donors (Lipinski definition) is 2. The number of ether oxygens (including phenoxy) is 2. The third kappa shape index (κ3) is 3.88. The second kappa shape index (κ2) is 8.65. The van der Waals surface area contributed by atoms with Crippen LogP contribution in [0.1, 0.15) is 33.6 Å². The number of amides is 1. The van der Waals surface area contributed by atoms with Crippen LogP contribution in [0, 0.1) is 0 Å². The van der Waals surface area contributed by atoms with Gasteiger partial charge in [-0.2, -0.15) is 0 Å². The highest BCUT2D eigenvalue weighted by Crippen LogP contribution is 2.51. The molecule has 6 rings (SSSR count). The summed E-state index contributed by atoms with van der Waals surface area (Å²) in [7, 11) is 0. The van der Waals surface area contributed by atoms with Gasteiger partial charge in [0.05, 0.1) is 16.7 Å². The van der Waals surface area contributed by atoms with Crippen LogP contribution in [-0.2, 0) is 10.2 Å². The summed E-state index contributed by atoms with van der Waals surface area (Å²) >= 11 is 7.15. The first-order chi connectivity index (χ1) is 17.4. The highest BCUT2D eigenvalue weighted by atomic mass is 35.5. The number of nitrogens with one attached hydrogen (secondary N) is 1. The van der Waals surface area contributed by atoms with E-state index >= 15 is 0 Å². The molecule has 2 N–H and O–H groups in total. The monoisotopic (exact) mass is 518 g/mol. The summed E-state index contributed by atoms with van der Waals surface area (Å²) in [6, 6.07) is 19.1. The molecule has 1 aliphatic carbocycles. The summed E-state index contributed by atoms with van der Waals surface area (Å²) in [4.78, 5) is 31.8. The van der Waals surface area contributed by atoms with Gasteiger partial charge in [-0.3, -0.25) is 9.59 Å². The average molecular weight is 519 g/mol. The van der Waals surface area contributed by atoms with Crippen LogP contribution in [-0.4, -0.2) is 28.6 Å². The number of rotatable bonds is 6. The lowest BCUT2D eigenvalue weighted by Gasteiger charge is -2.15. The lowest BCUT2D eigenvalue weighted by atomic mass is 9.94. The Labute approximate surface area is 215 Å². The normalized spacial score (nSPS) is 14.9. The van der Waals surface area contributed by atoms with Crippen molar-refractivity contribution in [1.82, 2.24) is 4.98 Å². The topological polar surface area (TPSA) is 97.8 Å². The number of phenolic OH excluding ortho intramolecular Hbond substituents is 1. The van der Waals surface area contributed by atoms with Crippen molar-refractivity contribution in [3.05, 3.63) is 87.8 Å². The van der Waals surface area contributed by atoms with Gasteiger partial charge in [0.2, 0.25) is 18.5 Å². The molecule has 0 spiro atoms. The van der Waals surface area contributed by atoms with Crippen LogP contribution < -0.4 is 14.8 Å². The van der Waals surface area contributed by atoms with E-state index in [1.165, 1.54) is 18.2 Å². The van der Waals surface area contributed by atoms with E-state index in [9.17, 15) is 14.7 Å². The Morgan fingerprint density at radius 2 is 1.78 bits per heavy atom. The van der Waals surface area contributed by atoms with Crippen molar-refractivity contribution in [2.24, 2.45) is 0 Å². The number of fused-ring (bicyclic) bond motifs is 1. The fraction of sp³-hybridized carbons (Fsp3) is 0.148. The molecule has 1 saturated carbocycles. The summed E-state index contributed by atoms with van der Waals surface area (Å²) in [5, 5.41) is 13.9. The molecular formula is C27H19ClN2O5S. The maximum absolute atomic E-state index is 13.5. The second-order valence-electron chi connectivity index (χ2n) is 8.66. The number of hydrogen-bond acceptors (Lipinski definition) is 7. The van der Waals surface area contributed by atoms with Gasteiger partial charge < -0.3 is 19.9 Å². The van der Waals surface area contributed by atoms with Crippen LogP contribution in [0.25, 0.3) is 11.3 Å². The molecule has 36 heavy (non-hydrogen) atoms. The molecule has 0 radical (unpaired) electrons. The van der Waals surface area contributed by atoms with E-state index < -0.39 is 11.2 Å². The number of ketones is 1. The largest absolute Gasteiger partial charge is 0.507 e. The second-order valence-corrected chi connectivity index (χ2v) is 10.1. The van der Waals surface area contributed by atoms with Crippen LogP contribution in [0.2, 0.25) is 5.02 Å². The summed E-state index contributed by atoms with van der Waals surface area (Å²) in [6.45, 7) is 0.165. The number of carbonyl (C=O) groups is 2. The van der Waals surface area contributed by atoms with E-state index in [1.54, 1.807) is 0 Å². The molecule has 1 amide bonds. The molecule has 0 unspecified atom stereocenters. The predicted octanol–water partition coefficient (Wildman–Crippen LogP) is 5.80. The number of phenols is 1. The van der Waals surface area contributed by atoms with Crippen molar-refractivity contribution in [1.29, 1.82) is 0 Å². The van der Waals surface area contributed by atoms with Crippen molar-refractivity contribution < 1.29 is 24.2 Å². The Balaban J connectivity index is 1.35. The molecule has 180 valence electrons. The van der Waals surface area contributed by atoms with Crippen LogP contribution in [0.4, 0.5) is 5.13 Å². The summed E-state index contributed by atoms with van der Waals surface area (Å²) in [5.74, 6) is 0.487. The van der Waals surface area contributed by atoms with Gasteiger partial charge in [-0.1, -0.05) is 59.3 Å². The Bertz CT molecular complexity index is 1510. The van der Waals surface area contributed by atoms with E-state index in [-0.39, 0.29) is 24.0 Å². The van der Waals surface area contributed by atoms with Gasteiger partial charge in [0.15, 0.2) is 16.6 Å². The minimum absolute atomic E-state index is 0.0697. The van der Waals surface area contributed by atoms with Gasteiger partial charge in [-0.25, -0.2) is 4.98 Å². The quantitative estimate of drug-likeness (QED) is 0.313. The molecule has 7 nitrogen and oxygen atoms in total. The van der Waals surface area contributed by atoms with Gasteiger partial charge in [0, 0.05) is 10.6 Å². The van der Waals surface area contributed by atoms with Crippen molar-refractivity contribution in [3.63, 3.8) is 0 Å². The Hall–Kier alpha value is -3.88. The standard InChI is InChI=1S/C27H19ClN2O5S/c28-17-7-8-19(31)18(13-17)23(32)24-22(15-4-2-1-3-5-15)29-26(36-24)30-25(33)27(10-11-27)16-6-9-20-21(12-16)35-14-34-20/h1-9,12-13,31H,10-11,14H2,(H,29,30,33). The number of aromatic hydroxyl groups is 1. The molecule has 3 aromatic carbocycles. The van der Waals surface area contributed by atoms with Gasteiger partial charge in [0.25, 0.3) is 0 Å². The highest BCUT2D eigenvalue weighted by Gasteiger charge is 2.52. The molecule has 0 bridgehead atoms. The minimum Gasteiger partial charge on any atom is -0.507 e. The Morgan fingerprint density at radius 1 is 1.00 bits per heavy atom. The molecule has 0 saturated heterocycles. The fourth-order valence-corrected chi connectivity index (χ4v) is 5.42. The van der Waals surface area contributed by atoms with Crippen LogP contribution in [0.3, 0.4) is 0 Å². The first-order valence-electron chi connectivity index (χ1n) is 11.3. The van der Waals surface area contributed by atoms with E-state index in [0.717, 1.165) is 22.5 Å². The zero-order valence-corrected chi connectivity index (χ0v) is 20.4. The molecule has 1 aliphatic heterocycles. The lowest BCUT2D eigenvalue weighted by Crippen LogP contribution is -2.27. The van der Waals surface area contributed by atoms with Crippen LogP contribution in [0.5, 0.6) is 17.2 Å². The number of thiazole rings is 1. The Morgan fingerprint density at radius 3 is 2.56 bits per heavy atom. The SMILES string of the molecule is O=C(c1cc(Cl)ccc1O)c1sc(NC(=O)C2(c3ccc4c(c3)OCO4)CC2)nc1-c1ccccc1. The van der Waals surface area contributed by atoms with E-state index in [2.05, 4.69) is 10.3 Å². The molecule has 2 heterocycles. The number of carbonyl (C=O) groups excluding carboxylic acids is 2. The molecule has 9 heteroatoms. The fourth-order valence-electron chi connectivity index (χ4n) is 4.31. The molecule has 1 fully saturated rings. The summed E-state index contributed by atoms with van der Waals surface area (Å²) < 4.78 is 10.9. The zero-order valence-electron chi connectivity index (χ0n) is 18.8. The van der Waals surface area contributed by atoms with Crippen LogP contribution in [0.15, 0.2) is 66.7 Å². The smallest absolute Gasteiger partial charge is 0.236 e. The predicted molar refractivity (Wildman–Crippen MR) is 136 cm³/mol. The maximum atomic E-state index is 13.5. The van der Waals surface area contributed by atoms with Gasteiger partial charge in [-0.05, 0) is 48.7 Å². The van der Waals surface area contributed by atoms with Crippen molar-refractivity contribution in [2.75, 3.05) is 12.1 Å². The molecule has 4 aromatic rings. The molecule has 0 atom stereocenters. The van der Waals surface area contributed by atoms with Crippen molar-refractivity contribution >= 4 is 39.8 Å². The third-order valence-corrected chi connectivity index (χ3v) is 7.62. The van der Waals surface area contributed by atoms with Crippen LogP contribution >= 0.6 is 22.9 Å². The minimum atomic E-state index is -0.686. The van der Waals surface area contributed by atoms with Crippen molar-refractivity contribution in [2.45, 2.75) is 18.3 Å². The van der Waals surface area contributed by atoms with Crippen molar-refractivity contribution in [3.8, 4) is 28.5 Å². The number of aromatic nitrogens is 1. The van der Waals surface area contributed by atoms with Gasteiger partial charge >= 0.3 is 0 Å². The molecule has 2 aliphatic rings. The number of nitrogens with zero attached hydrogens (tertiary/aromatic N) is 1. The number of benzene rings is 3. The zero-order chi connectivity index (χ0) is 24.9. The Kier molecular flexibility index (Phi) is 5.43. The summed E-state index contributed by atoms with van der Waals surface area (Å²) in [6.07, 6.45) is 1.38. The summed E-state index contributed by atoms with van der Waals surface area (Å²) in [5.41, 5.74) is 1.38. The van der Waals surface area contributed by atoms with E-state index in [4.69, 9.17) is 21.1 Å². The number of anilines is 1. The number of halogens is 1. The first kappa shape index (κ1) is 22.6. The third-order valence-electron chi connectivity index (χ3n) is 6.41. The average Bonchev–Trinajstić information content (AvgIpc) is 3.39. The molecule has 1 aromatic heterocycles. The van der Waals surface area contributed by atoms with Gasteiger partial charge in [0.1, 0.15) is 10.6 Å². The highest BCUT2D eigenvalue weighted by molar-refractivity contribution is 7.18. The molecular weight excluding hydrogens is 500 g/mol. The van der Waals surface area contributed by atoms with Gasteiger partial charge in [-0.15, -0.1) is 0 Å². The first-order valence-corrected chi connectivity index (χ1v) is 12.5. The van der Waals surface area contributed by atoms with E-state index in [0.29, 0.717) is 45.1 Å².